The van der Waals surface area contributed by atoms with Crippen molar-refractivity contribution in [2.45, 2.75) is 69.2 Å². The second-order valence-corrected chi connectivity index (χ2v) is 8.83. The highest BCUT2D eigenvalue weighted by Crippen LogP contribution is 2.59. The third kappa shape index (κ3) is 2.46. The van der Waals surface area contributed by atoms with E-state index >= 15 is 0 Å². The van der Waals surface area contributed by atoms with Crippen molar-refractivity contribution in [3.63, 3.8) is 0 Å². The van der Waals surface area contributed by atoms with Gasteiger partial charge in [0.1, 0.15) is 17.1 Å². The summed E-state index contributed by atoms with van der Waals surface area (Å²) in [5.41, 5.74) is -3.17. The molecule has 1 fully saturated rings. The number of hydrogen-bond donors (Lipinski definition) is 5. The zero-order chi connectivity index (χ0) is 23.3. The first-order chi connectivity index (χ1) is 15.0. The number of aliphatic carboxylic acids is 1. The number of aliphatic hydroxyl groups is 2. The van der Waals surface area contributed by atoms with Crippen LogP contribution in [0.5, 0.6) is 11.5 Å². The standard InChI is InChI=1S/C22H22O10/c1-6-13-9(3-8(31-6)4-12(24)25)18(26)15-16(19(13)27)21(29)17-14(20(15)28)10-5-11(23)22(17,30)7(2)32-10/h6-8,10-11,23,28-30H,3-5H2,1-2H3,(H,24,25)/t6-,7+,8+,10+,11+,22+/m0/s1. The largest absolute Gasteiger partial charge is 0.507 e. The number of fused-ring (bicyclic) bond motifs is 3. The van der Waals surface area contributed by atoms with Crippen molar-refractivity contribution < 1.29 is 49.4 Å². The Morgan fingerprint density at radius 1 is 1.09 bits per heavy atom. The number of phenolic OH excluding ortho intramolecular Hbond substituents is 2. The topological polar surface area (TPSA) is 171 Å². The average Bonchev–Trinajstić information content (AvgIpc) is 2.69. The number of carbonyl (C=O) groups is 3. The molecular weight excluding hydrogens is 424 g/mol. The van der Waals surface area contributed by atoms with Crippen LogP contribution in [0.2, 0.25) is 0 Å². The molecule has 32 heavy (non-hydrogen) atoms. The third-order valence-electron chi connectivity index (χ3n) is 7.08. The molecule has 1 aromatic rings. The number of ether oxygens (including phenoxy) is 2. The molecule has 0 spiro atoms. The van der Waals surface area contributed by atoms with Crippen molar-refractivity contribution in [3.05, 3.63) is 33.4 Å². The number of aliphatic hydroxyl groups excluding tert-OH is 1. The summed E-state index contributed by atoms with van der Waals surface area (Å²) in [4.78, 5) is 37.9. The van der Waals surface area contributed by atoms with Crippen molar-refractivity contribution in [2.24, 2.45) is 0 Å². The van der Waals surface area contributed by atoms with E-state index in [-0.39, 0.29) is 41.5 Å². The molecule has 2 bridgehead atoms. The molecule has 10 heteroatoms. The Hall–Kier alpha value is -2.79. The zero-order valence-electron chi connectivity index (χ0n) is 17.3. The molecule has 2 aliphatic carbocycles. The lowest BCUT2D eigenvalue weighted by atomic mass is 9.66. The molecule has 10 nitrogen and oxygen atoms in total. The maximum Gasteiger partial charge on any atom is 0.305 e. The van der Waals surface area contributed by atoms with E-state index in [9.17, 15) is 34.8 Å². The first-order valence-corrected chi connectivity index (χ1v) is 10.4. The number of carboxylic acid groups (broad SMARTS) is 1. The molecule has 1 aromatic carbocycles. The van der Waals surface area contributed by atoms with Gasteiger partial charge in [0.25, 0.3) is 0 Å². The minimum Gasteiger partial charge on any atom is -0.507 e. The second kappa shape index (κ2) is 6.61. The normalized spacial score (nSPS) is 35.4. The van der Waals surface area contributed by atoms with E-state index < -0.39 is 76.3 Å². The predicted molar refractivity (Wildman–Crippen MR) is 104 cm³/mol. The molecule has 0 saturated carbocycles. The molecule has 3 aliphatic heterocycles. The molecular formula is C22H22O10. The maximum absolute atomic E-state index is 13.4. The predicted octanol–water partition coefficient (Wildman–Crippen LogP) is 0.837. The molecule has 1 saturated heterocycles. The number of Topliss-reactive ketones (excluding diaryl/α,β-unsaturated/α-hetero) is 2. The van der Waals surface area contributed by atoms with Gasteiger partial charge in [-0.3, -0.25) is 14.4 Å². The quantitative estimate of drug-likeness (QED) is 0.410. The van der Waals surface area contributed by atoms with Gasteiger partial charge in [0.15, 0.2) is 11.6 Å². The molecule has 0 radical (unpaired) electrons. The fraction of sp³-hybridized carbons (Fsp3) is 0.500. The molecule has 6 atom stereocenters. The molecule has 5 N–H and O–H groups in total. The van der Waals surface area contributed by atoms with Crippen LogP contribution in [0.15, 0.2) is 11.1 Å². The van der Waals surface area contributed by atoms with Crippen LogP contribution in [0.25, 0.3) is 0 Å². The lowest BCUT2D eigenvalue weighted by Crippen LogP contribution is -2.58. The van der Waals surface area contributed by atoms with E-state index in [4.69, 9.17) is 14.6 Å². The Balaban J connectivity index is 1.73. The van der Waals surface area contributed by atoms with E-state index in [1.54, 1.807) is 0 Å². The number of aromatic hydroxyl groups is 2. The molecule has 170 valence electrons. The van der Waals surface area contributed by atoms with Gasteiger partial charge in [-0.15, -0.1) is 0 Å². The first-order valence-electron chi connectivity index (χ1n) is 10.4. The summed E-state index contributed by atoms with van der Waals surface area (Å²) in [5.74, 6) is -3.85. The monoisotopic (exact) mass is 446 g/mol. The minimum absolute atomic E-state index is 0.0170. The summed E-state index contributed by atoms with van der Waals surface area (Å²) >= 11 is 0. The van der Waals surface area contributed by atoms with Gasteiger partial charge in [-0.25, -0.2) is 0 Å². The van der Waals surface area contributed by atoms with E-state index in [2.05, 4.69) is 0 Å². The summed E-state index contributed by atoms with van der Waals surface area (Å²) in [6.45, 7) is 3.01. The summed E-state index contributed by atoms with van der Waals surface area (Å²) in [7, 11) is 0. The van der Waals surface area contributed by atoms with Gasteiger partial charge in [-0.2, -0.15) is 0 Å². The van der Waals surface area contributed by atoms with E-state index in [0.717, 1.165) is 0 Å². The number of carbonyl (C=O) groups excluding carboxylic acids is 2. The van der Waals surface area contributed by atoms with Crippen LogP contribution in [0.1, 0.15) is 71.1 Å². The number of rotatable bonds is 2. The molecule has 3 heterocycles. The van der Waals surface area contributed by atoms with Gasteiger partial charge in [0, 0.05) is 35.1 Å². The summed E-state index contributed by atoms with van der Waals surface area (Å²) in [5, 5.41) is 53.0. The summed E-state index contributed by atoms with van der Waals surface area (Å²) < 4.78 is 11.3. The Bertz CT molecular complexity index is 1120. The van der Waals surface area contributed by atoms with Crippen molar-refractivity contribution >= 4 is 17.5 Å². The van der Waals surface area contributed by atoms with Gasteiger partial charge in [0.05, 0.1) is 48.1 Å². The van der Waals surface area contributed by atoms with E-state index in [1.165, 1.54) is 13.8 Å². The van der Waals surface area contributed by atoms with Gasteiger partial charge in [0.2, 0.25) is 0 Å². The fourth-order valence-electron chi connectivity index (χ4n) is 5.64. The van der Waals surface area contributed by atoms with Gasteiger partial charge < -0.3 is 35.0 Å². The number of phenols is 2. The minimum atomic E-state index is -2.08. The highest BCUT2D eigenvalue weighted by atomic mass is 16.5. The Labute approximate surface area is 181 Å². The van der Waals surface area contributed by atoms with Crippen LogP contribution in [-0.4, -0.2) is 67.5 Å². The number of carboxylic acids is 1. The molecule has 5 aliphatic rings. The van der Waals surface area contributed by atoms with Crippen LogP contribution in [0.3, 0.4) is 0 Å². The number of ketones is 2. The number of benzene rings is 1. The van der Waals surface area contributed by atoms with Crippen LogP contribution < -0.4 is 0 Å². The Kier molecular flexibility index (Phi) is 4.35. The Morgan fingerprint density at radius 3 is 2.38 bits per heavy atom. The van der Waals surface area contributed by atoms with Gasteiger partial charge in [-0.05, 0) is 13.8 Å². The smallest absolute Gasteiger partial charge is 0.305 e. The lowest BCUT2D eigenvalue weighted by Gasteiger charge is -2.52. The van der Waals surface area contributed by atoms with Gasteiger partial charge in [-0.1, -0.05) is 0 Å². The van der Waals surface area contributed by atoms with E-state index in [0.29, 0.717) is 0 Å². The van der Waals surface area contributed by atoms with Crippen molar-refractivity contribution in [2.75, 3.05) is 0 Å². The fourth-order valence-corrected chi connectivity index (χ4v) is 5.64. The zero-order valence-corrected chi connectivity index (χ0v) is 17.3. The molecule has 0 amide bonds. The van der Waals surface area contributed by atoms with Gasteiger partial charge >= 0.3 is 5.97 Å². The lowest BCUT2D eigenvalue weighted by molar-refractivity contribution is -0.246. The van der Waals surface area contributed by atoms with Crippen LogP contribution in [0.4, 0.5) is 0 Å². The molecule has 0 aromatic heterocycles. The highest BCUT2D eigenvalue weighted by Gasteiger charge is 2.59. The SMILES string of the molecule is C[C@@H]1O[C@@H](CC(=O)O)CC2=C1C(=O)c1c(O)c3c(c(O)c1C2=O)[C@H]1C[C@@H](O)[C@]3(O)[C@@H](C)O1. The van der Waals surface area contributed by atoms with Crippen molar-refractivity contribution in [1.82, 2.24) is 0 Å². The summed E-state index contributed by atoms with van der Waals surface area (Å²) in [6.07, 6.45) is -5.47. The average molecular weight is 446 g/mol. The molecule has 0 unspecified atom stereocenters. The molecule has 6 rings (SSSR count). The maximum atomic E-state index is 13.4. The first kappa shape index (κ1) is 21.1. The van der Waals surface area contributed by atoms with Crippen molar-refractivity contribution in [3.8, 4) is 11.5 Å². The second-order valence-electron chi connectivity index (χ2n) is 8.83. The van der Waals surface area contributed by atoms with Crippen LogP contribution in [-0.2, 0) is 19.9 Å². The van der Waals surface area contributed by atoms with Crippen LogP contribution in [0, 0.1) is 0 Å². The van der Waals surface area contributed by atoms with Crippen molar-refractivity contribution in [1.29, 1.82) is 0 Å². The van der Waals surface area contributed by atoms with E-state index in [1.807, 2.05) is 0 Å². The Morgan fingerprint density at radius 2 is 1.75 bits per heavy atom. The van der Waals surface area contributed by atoms with Crippen LogP contribution >= 0.6 is 0 Å². The summed E-state index contributed by atoms with van der Waals surface area (Å²) in [6, 6.07) is 0. The third-order valence-corrected chi connectivity index (χ3v) is 7.08. The highest BCUT2D eigenvalue weighted by molar-refractivity contribution is 6.29. The number of hydrogen-bond acceptors (Lipinski definition) is 9.